The third kappa shape index (κ3) is 3.11. The van der Waals surface area contributed by atoms with E-state index < -0.39 is 11.9 Å². The van der Waals surface area contributed by atoms with Gasteiger partial charge >= 0.3 is 6.18 Å². The van der Waals surface area contributed by atoms with Crippen LogP contribution in [-0.2, 0) is 6.18 Å². The van der Waals surface area contributed by atoms with Gasteiger partial charge in [0, 0.05) is 24.5 Å². The topological polar surface area (TPSA) is 42.2 Å². The molecule has 114 valence electrons. The third-order valence-corrected chi connectivity index (χ3v) is 3.83. The molecule has 0 saturated heterocycles. The first kappa shape index (κ1) is 14.2. The second kappa shape index (κ2) is 5.20. The van der Waals surface area contributed by atoms with Crippen LogP contribution in [0.4, 0.5) is 19.0 Å². The van der Waals surface area contributed by atoms with E-state index in [1.54, 1.807) is 0 Å². The van der Waals surface area contributed by atoms with Crippen LogP contribution < -0.4 is 5.32 Å². The Morgan fingerprint density at radius 3 is 2.81 bits per heavy atom. The zero-order chi connectivity index (χ0) is 15.0. The van der Waals surface area contributed by atoms with Crippen LogP contribution in [0, 0.1) is 5.92 Å². The van der Waals surface area contributed by atoms with Gasteiger partial charge in [-0.3, -0.25) is 0 Å². The number of halogens is 3. The average Bonchev–Trinajstić information content (AvgIpc) is 3.11. The molecule has 1 unspecified atom stereocenters. The fourth-order valence-corrected chi connectivity index (χ4v) is 2.45. The van der Waals surface area contributed by atoms with Crippen molar-refractivity contribution in [2.75, 3.05) is 5.32 Å². The Balaban J connectivity index is 1.88. The summed E-state index contributed by atoms with van der Waals surface area (Å²) in [6.07, 6.45) is 2.91. The highest BCUT2D eigenvalue weighted by Gasteiger charge is 2.34. The quantitative estimate of drug-likeness (QED) is 0.914. The van der Waals surface area contributed by atoms with Gasteiger partial charge in [0.25, 0.3) is 0 Å². The number of fused-ring (bicyclic) bond motifs is 1. The molecule has 21 heavy (non-hydrogen) atoms. The molecule has 3 rings (SSSR count). The van der Waals surface area contributed by atoms with Crippen molar-refractivity contribution < 1.29 is 13.2 Å². The van der Waals surface area contributed by atoms with E-state index in [2.05, 4.69) is 22.3 Å². The Bertz CT molecular complexity index is 631. The standard InChI is InChI=1S/C14H17F3N4/c1-2-10(7-9-3-4-9)19-13-11-8-12(14(15,16)17)20-21(11)6-5-18-13/h5-6,8-10H,2-4,7H2,1H3,(H,18,19). The number of aromatic nitrogens is 3. The monoisotopic (exact) mass is 298 g/mol. The summed E-state index contributed by atoms with van der Waals surface area (Å²) in [6.45, 7) is 2.07. The lowest BCUT2D eigenvalue weighted by Crippen LogP contribution is -2.20. The molecule has 1 N–H and O–H groups in total. The summed E-state index contributed by atoms with van der Waals surface area (Å²) in [5, 5.41) is 6.83. The molecule has 7 heteroatoms. The second-order valence-corrected chi connectivity index (χ2v) is 5.56. The minimum absolute atomic E-state index is 0.237. The van der Waals surface area contributed by atoms with Gasteiger partial charge in [-0.15, -0.1) is 0 Å². The maximum absolute atomic E-state index is 12.8. The smallest absolute Gasteiger partial charge is 0.366 e. The summed E-state index contributed by atoms with van der Waals surface area (Å²) in [7, 11) is 0. The van der Waals surface area contributed by atoms with Crippen LogP contribution in [0.5, 0.6) is 0 Å². The van der Waals surface area contributed by atoms with E-state index in [0.29, 0.717) is 11.3 Å². The predicted molar refractivity (Wildman–Crippen MR) is 73.0 cm³/mol. The summed E-state index contributed by atoms with van der Waals surface area (Å²) in [5.74, 6) is 1.21. The number of rotatable bonds is 5. The summed E-state index contributed by atoms with van der Waals surface area (Å²) in [4.78, 5) is 4.18. The van der Waals surface area contributed by atoms with Gasteiger partial charge < -0.3 is 5.32 Å². The van der Waals surface area contributed by atoms with Gasteiger partial charge in [0.1, 0.15) is 5.52 Å². The van der Waals surface area contributed by atoms with Gasteiger partial charge in [-0.25, -0.2) is 9.50 Å². The molecular weight excluding hydrogens is 281 g/mol. The lowest BCUT2D eigenvalue weighted by molar-refractivity contribution is -0.141. The highest BCUT2D eigenvalue weighted by Crippen LogP contribution is 2.35. The average molecular weight is 298 g/mol. The Kier molecular flexibility index (Phi) is 3.51. The largest absolute Gasteiger partial charge is 0.435 e. The van der Waals surface area contributed by atoms with E-state index in [9.17, 15) is 13.2 Å². The number of nitrogens with one attached hydrogen (secondary N) is 1. The number of anilines is 1. The predicted octanol–water partition coefficient (Wildman–Crippen LogP) is 3.74. The van der Waals surface area contributed by atoms with Crippen LogP contribution in [0.1, 0.15) is 38.3 Å². The zero-order valence-electron chi connectivity index (χ0n) is 11.7. The Labute approximate surface area is 120 Å². The fraction of sp³-hybridized carbons (Fsp3) is 0.571. The van der Waals surface area contributed by atoms with Gasteiger partial charge in [0.05, 0.1) is 0 Å². The van der Waals surface area contributed by atoms with Gasteiger partial charge in [-0.05, 0) is 18.8 Å². The molecule has 1 atom stereocenters. The maximum atomic E-state index is 12.8. The number of nitrogens with zero attached hydrogens (tertiary/aromatic N) is 3. The van der Waals surface area contributed by atoms with Crippen LogP contribution in [0.15, 0.2) is 18.5 Å². The molecule has 1 aliphatic rings. The van der Waals surface area contributed by atoms with Crippen molar-refractivity contribution >= 4 is 11.3 Å². The molecule has 1 aliphatic carbocycles. The van der Waals surface area contributed by atoms with Crippen molar-refractivity contribution in [2.45, 2.75) is 44.8 Å². The SMILES string of the molecule is CCC(CC1CC1)Nc1nccn2nc(C(F)(F)F)cc12. The van der Waals surface area contributed by atoms with Crippen LogP contribution >= 0.6 is 0 Å². The maximum Gasteiger partial charge on any atom is 0.435 e. The molecule has 2 aromatic heterocycles. The summed E-state index contributed by atoms with van der Waals surface area (Å²) in [5.41, 5.74) is -0.534. The first-order valence-corrected chi connectivity index (χ1v) is 7.15. The van der Waals surface area contributed by atoms with Crippen LogP contribution in [-0.4, -0.2) is 20.6 Å². The molecule has 0 bridgehead atoms. The van der Waals surface area contributed by atoms with Crippen molar-refractivity contribution in [3.63, 3.8) is 0 Å². The number of hydrogen-bond donors (Lipinski definition) is 1. The van der Waals surface area contributed by atoms with E-state index in [0.717, 1.165) is 24.8 Å². The van der Waals surface area contributed by atoms with Crippen LogP contribution in [0.2, 0.25) is 0 Å². The molecule has 0 amide bonds. The Hall–Kier alpha value is -1.79. The third-order valence-electron chi connectivity index (χ3n) is 3.83. The fourth-order valence-electron chi connectivity index (χ4n) is 2.45. The molecule has 0 aliphatic heterocycles. The molecule has 1 fully saturated rings. The minimum Gasteiger partial charge on any atom is -0.366 e. The van der Waals surface area contributed by atoms with Crippen LogP contribution in [0.3, 0.4) is 0 Å². The molecule has 0 aromatic carbocycles. The van der Waals surface area contributed by atoms with Crippen molar-refractivity contribution in [1.82, 2.24) is 14.6 Å². The molecule has 2 heterocycles. The highest BCUT2D eigenvalue weighted by molar-refractivity contribution is 5.68. The van der Waals surface area contributed by atoms with Gasteiger partial charge in [0.15, 0.2) is 11.5 Å². The van der Waals surface area contributed by atoms with Crippen LogP contribution in [0.25, 0.3) is 5.52 Å². The minimum atomic E-state index is -4.44. The summed E-state index contributed by atoms with van der Waals surface area (Å²) in [6, 6.07) is 1.28. The van der Waals surface area contributed by atoms with E-state index in [1.807, 2.05) is 0 Å². The first-order chi connectivity index (χ1) is 9.97. The lowest BCUT2D eigenvalue weighted by Gasteiger charge is -2.17. The van der Waals surface area contributed by atoms with Gasteiger partial charge in [0.2, 0.25) is 0 Å². The Morgan fingerprint density at radius 1 is 1.43 bits per heavy atom. The van der Waals surface area contributed by atoms with Crippen molar-refractivity contribution in [2.24, 2.45) is 5.92 Å². The molecule has 4 nitrogen and oxygen atoms in total. The van der Waals surface area contributed by atoms with E-state index in [1.165, 1.54) is 29.8 Å². The summed E-state index contributed by atoms with van der Waals surface area (Å²) >= 11 is 0. The normalized spacial score (nSPS) is 17.1. The van der Waals surface area contributed by atoms with Crippen molar-refractivity contribution in [3.05, 3.63) is 24.2 Å². The van der Waals surface area contributed by atoms with Crippen molar-refractivity contribution in [3.8, 4) is 0 Å². The highest BCUT2D eigenvalue weighted by atomic mass is 19.4. The van der Waals surface area contributed by atoms with E-state index in [-0.39, 0.29) is 6.04 Å². The Morgan fingerprint density at radius 2 is 2.19 bits per heavy atom. The molecule has 2 aromatic rings. The first-order valence-electron chi connectivity index (χ1n) is 7.15. The number of alkyl halides is 3. The van der Waals surface area contributed by atoms with E-state index >= 15 is 0 Å². The summed E-state index contributed by atoms with van der Waals surface area (Å²) < 4.78 is 39.5. The molecular formula is C14H17F3N4. The van der Waals surface area contributed by atoms with Gasteiger partial charge in [-0.1, -0.05) is 19.8 Å². The lowest BCUT2D eigenvalue weighted by atomic mass is 10.1. The van der Waals surface area contributed by atoms with Gasteiger partial charge in [-0.2, -0.15) is 18.3 Å². The molecule has 0 spiro atoms. The van der Waals surface area contributed by atoms with Crippen molar-refractivity contribution in [1.29, 1.82) is 0 Å². The van der Waals surface area contributed by atoms with E-state index in [4.69, 9.17) is 0 Å². The second-order valence-electron chi connectivity index (χ2n) is 5.56. The number of hydrogen-bond acceptors (Lipinski definition) is 3. The molecule has 1 saturated carbocycles. The molecule has 0 radical (unpaired) electrons. The zero-order valence-corrected chi connectivity index (χ0v) is 11.7.